The van der Waals surface area contributed by atoms with E-state index in [0.717, 1.165) is 51.4 Å². The van der Waals surface area contributed by atoms with E-state index in [4.69, 9.17) is 4.74 Å². The second kappa shape index (κ2) is 5.76. The quantitative estimate of drug-likeness (QED) is 0.838. The molecule has 0 saturated carbocycles. The molecule has 0 aliphatic carbocycles. The van der Waals surface area contributed by atoms with Crippen LogP contribution >= 0.6 is 0 Å². The van der Waals surface area contributed by atoms with Crippen LogP contribution in [0.3, 0.4) is 0 Å². The van der Waals surface area contributed by atoms with Gasteiger partial charge in [0.15, 0.2) is 0 Å². The molecule has 2 aliphatic rings. The van der Waals surface area contributed by atoms with Crippen molar-refractivity contribution in [3.63, 3.8) is 0 Å². The van der Waals surface area contributed by atoms with Gasteiger partial charge in [-0.2, -0.15) is 0 Å². The lowest BCUT2D eigenvalue weighted by Crippen LogP contribution is -2.45. The smallest absolute Gasteiger partial charge is 0.122 e. The summed E-state index contributed by atoms with van der Waals surface area (Å²) in [6.07, 6.45) is 4.10. The van der Waals surface area contributed by atoms with Gasteiger partial charge in [0, 0.05) is 38.6 Å². The molecule has 1 fully saturated rings. The van der Waals surface area contributed by atoms with Crippen LogP contribution < -0.4 is 10.1 Å². The predicted molar refractivity (Wildman–Crippen MR) is 77.6 cm³/mol. The molecule has 3 rings (SSSR count). The molecule has 0 radical (unpaired) electrons. The molecule has 1 N–H and O–H groups in total. The molecule has 0 amide bonds. The van der Waals surface area contributed by atoms with Crippen LogP contribution in [0.4, 0.5) is 0 Å². The summed E-state index contributed by atoms with van der Waals surface area (Å²) in [5, 5.41) is 3.42. The van der Waals surface area contributed by atoms with Crippen molar-refractivity contribution in [3.05, 3.63) is 42.0 Å². The van der Waals surface area contributed by atoms with Gasteiger partial charge in [-0.05, 0) is 23.6 Å². The second-order valence-corrected chi connectivity index (χ2v) is 5.29. The first-order valence-corrected chi connectivity index (χ1v) is 7.20. The van der Waals surface area contributed by atoms with Crippen LogP contribution in [0.2, 0.25) is 0 Å². The Kier molecular flexibility index (Phi) is 3.85. The molecule has 102 valence electrons. The summed E-state index contributed by atoms with van der Waals surface area (Å²) in [5.74, 6) is 1.07. The maximum absolute atomic E-state index is 5.59. The zero-order valence-electron chi connectivity index (χ0n) is 11.4. The number of benzene rings is 1. The maximum Gasteiger partial charge on any atom is 0.122 e. The summed E-state index contributed by atoms with van der Waals surface area (Å²) in [6, 6.07) is 7.15. The predicted octanol–water partition coefficient (Wildman–Crippen LogP) is 2.14. The monoisotopic (exact) mass is 258 g/mol. The third kappa shape index (κ3) is 2.67. The van der Waals surface area contributed by atoms with Crippen molar-refractivity contribution in [2.45, 2.75) is 18.9 Å². The molecule has 19 heavy (non-hydrogen) atoms. The molecule has 0 aromatic heterocycles. The van der Waals surface area contributed by atoms with Gasteiger partial charge in [0.1, 0.15) is 5.75 Å². The van der Waals surface area contributed by atoms with Crippen molar-refractivity contribution in [1.29, 1.82) is 0 Å². The fourth-order valence-electron chi connectivity index (χ4n) is 3.06. The minimum absolute atomic E-state index is 0.463. The number of fused-ring (bicyclic) bond motifs is 1. The Labute approximate surface area is 115 Å². The summed E-state index contributed by atoms with van der Waals surface area (Å²) in [7, 11) is 0. The standard InChI is InChI=1S/C16H22N2O/c1-2-3-15(18-9-7-17-8-10-18)13-4-5-16-14(12-13)6-11-19-16/h2,4-5,12,15,17H,1,3,6-11H2/t15-/m1/s1. The summed E-state index contributed by atoms with van der Waals surface area (Å²) in [6.45, 7) is 9.16. The third-order valence-corrected chi connectivity index (χ3v) is 4.08. The maximum atomic E-state index is 5.59. The van der Waals surface area contributed by atoms with E-state index < -0.39 is 0 Å². The van der Waals surface area contributed by atoms with E-state index in [0.29, 0.717) is 6.04 Å². The molecular formula is C16H22N2O. The van der Waals surface area contributed by atoms with Crippen LogP contribution in [0.1, 0.15) is 23.6 Å². The van der Waals surface area contributed by atoms with Gasteiger partial charge in [0.25, 0.3) is 0 Å². The Hall–Kier alpha value is -1.32. The third-order valence-electron chi connectivity index (χ3n) is 4.08. The van der Waals surface area contributed by atoms with Crippen molar-refractivity contribution >= 4 is 0 Å². The van der Waals surface area contributed by atoms with E-state index in [1.807, 2.05) is 6.08 Å². The Morgan fingerprint density at radius 3 is 3.00 bits per heavy atom. The molecule has 2 aliphatic heterocycles. The second-order valence-electron chi connectivity index (χ2n) is 5.29. The first-order chi connectivity index (χ1) is 9.38. The average molecular weight is 258 g/mol. The summed E-state index contributed by atoms with van der Waals surface area (Å²) < 4.78 is 5.59. The first-order valence-electron chi connectivity index (χ1n) is 7.20. The van der Waals surface area contributed by atoms with Gasteiger partial charge in [-0.25, -0.2) is 0 Å². The zero-order chi connectivity index (χ0) is 13.1. The molecule has 0 bridgehead atoms. The summed E-state index contributed by atoms with van der Waals surface area (Å²) >= 11 is 0. The fourth-order valence-corrected chi connectivity index (χ4v) is 3.06. The van der Waals surface area contributed by atoms with Crippen LogP contribution in [-0.2, 0) is 6.42 Å². The van der Waals surface area contributed by atoms with Crippen LogP contribution in [0.15, 0.2) is 30.9 Å². The Balaban J connectivity index is 1.84. The minimum Gasteiger partial charge on any atom is -0.493 e. The Bertz CT molecular complexity index is 452. The lowest BCUT2D eigenvalue weighted by molar-refractivity contribution is 0.174. The number of hydrogen-bond donors (Lipinski definition) is 1. The SMILES string of the molecule is C=CC[C@H](c1ccc2c(c1)CCO2)N1CCNCC1. The molecular weight excluding hydrogens is 236 g/mol. The van der Waals surface area contributed by atoms with E-state index in [9.17, 15) is 0 Å². The lowest BCUT2D eigenvalue weighted by atomic mass is 9.98. The molecule has 1 saturated heterocycles. The van der Waals surface area contributed by atoms with Gasteiger partial charge in [-0.1, -0.05) is 18.2 Å². The van der Waals surface area contributed by atoms with Gasteiger partial charge < -0.3 is 10.1 Å². The average Bonchev–Trinajstić information content (AvgIpc) is 2.93. The van der Waals surface area contributed by atoms with Gasteiger partial charge in [-0.15, -0.1) is 6.58 Å². The molecule has 0 spiro atoms. The van der Waals surface area contributed by atoms with Crippen molar-refractivity contribution < 1.29 is 4.74 Å². The normalized spacial score (nSPS) is 20.6. The van der Waals surface area contributed by atoms with Crippen molar-refractivity contribution in [1.82, 2.24) is 10.2 Å². The van der Waals surface area contributed by atoms with E-state index in [-0.39, 0.29) is 0 Å². The highest BCUT2D eigenvalue weighted by atomic mass is 16.5. The Morgan fingerprint density at radius 2 is 2.21 bits per heavy atom. The van der Waals surface area contributed by atoms with E-state index in [1.54, 1.807) is 0 Å². The van der Waals surface area contributed by atoms with Gasteiger partial charge in [-0.3, -0.25) is 4.90 Å². The minimum atomic E-state index is 0.463. The van der Waals surface area contributed by atoms with Crippen molar-refractivity contribution in [2.75, 3.05) is 32.8 Å². The number of rotatable bonds is 4. The highest BCUT2D eigenvalue weighted by molar-refractivity contribution is 5.41. The highest BCUT2D eigenvalue weighted by Crippen LogP contribution is 2.32. The van der Waals surface area contributed by atoms with Crippen LogP contribution in [0, 0.1) is 0 Å². The summed E-state index contributed by atoms with van der Waals surface area (Å²) in [5.41, 5.74) is 2.77. The summed E-state index contributed by atoms with van der Waals surface area (Å²) in [4.78, 5) is 2.57. The van der Waals surface area contributed by atoms with E-state index in [2.05, 4.69) is 35.0 Å². The van der Waals surface area contributed by atoms with Crippen LogP contribution in [-0.4, -0.2) is 37.7 Å². The lowest BCUT2D eigenvalue weighted by Gasteiger charge is -2.35. The Morgan fingerprint density at radius 1 is 1.37 bits per heavy atom. The van der Waals surface area contributed by atoms with Crippen LogP contribution in [0.25, 0.3) is 0 Å². The molecule has 1 atom stereocenters. The van der Waals surface area contributed by atoms with Gasteiger partial charge >= 0.3 is 0 Å². The van der Waals surface area contributed by atoms with E-state index >= 15 is 0 Å². The largest absolute Gasteiger partial charge is 0.493 e. The van der Waals surface area contributed by atoms with Crippen molar-refractivity contribution in [2.24, 2.45) is 0 Å². The fraction of sp³-hybridized carbons (Fsp3) is 0.500. The zero-order valence-corrected chi connectivity index (χ0v) is 11.4. The molecule has 0 unspecified atom stereocenters. The van der Waals surface area contributed by atoms with Gasteiger partial charge in [0.05, 0.1) is 6.61 Å². The number of hydrogen-bond acceptors (Lipinski definition) is 3. The number of nitrogens with zero attached hydrogens (tertiary/aromatic N) is 1. The molecule has 1 aromatic rings. The first kappa shape index (κ1) is 12.7. The topological polar surface area (TPSA) is 24.5 Å². The van der Waals surface area contributed by atoms with Crippen molar-refractivity contribution in [3.8, 4) is 5.75 Å². The van der Waals surface area contributed by atoms with E-state index in [1.165, 1.54) is 11.1 Å². The molecule has 3 nitrogen and oxygen atoms in total. The number of piperazine rings is 1. The molecule has 1 aromatic carbocycles. The molecule has 2 heterocycles. The molecule has 3 heteroatoms. The van der Waals surface area contributed by atoms with Crippen LogP contribution in [0.5, 0.6) is 5.75 Å². The number of nitrogens with one attached hydrogen (secondary N) is 1. The van der Waals surface area contributed by atoms with Gasteiger partial charge in [0.2, 0.25) is 0 Å². The highest BCUT2D eigenvalue weighted by Gasteiger charge is 2.22. The number of ether oxygens (including phenoxy) is 1.